The van der Waals surface area contributed by atoms with Crippen molar-refractivity contribution in [3.63, 3.8) is 0 Å². The van der Waals surface area contributed by atoms with Crippen LogP contribution >= 0.6 is 0 Å². The minimum atomic E-state index is 0.0769. The lowest BCUT2D eigenvalue weighted by atomic mass is 10.2. The lowest BCUT2D eigenvalue weighted by Gasteiger charge is -1.92. The molecule has 2 nitrogen and oxygen atoms in total. The van der Waals surface area contributed by atoms with Crippen LogP contribution in [0.25, 0.3) is 0 Å². The minimum absolute atomic E-state index is 0.0769. The van der Waals surface area contributed by atoms with E-state index < -0.39 is 0 Å². The Bertz CT molecular complexity index is 156. The normalized spacial score (nSPS) is 12.3. The van der Waals surface area contributed by atoms with Gasteiger partial charge in [-0.3, -0.25) is 0 Å². The molecule has 0 amide bonds. The van der Waals surface area contributed by atoms with E-state index >= 15 is 0 Å². The Morgan fingerprint density at radius 1 is 1.67 bits per heavy atom. The molecule has 9 heavy (non-hydrogen) atoms. The molecule has 3 N–H and O–H groups in total. The average molecular weight is 125 g/mol. The van der Waals surface area contributed by atoms with Crippen molar-refractivity contribution in [1.29, 1.82) is 0 Å². The van der Waals surface area contributed by atoms with E-state index in [-0.39, 0.29) is 5.76 Å². The topological polar surface area (TPSA) is 46.2 Å². The number of allylic oxidation sites excluding steroid dienone is 3. The molecule has 0 heterocycles. The monoisotopic (exact) mass is 125 g/mol. The van der Waals surface area contributed by atoms with Gasteiger partial charge in [-0.05, 0) is 24.8 Å². The van der Waals surface area contributed by atoms with Crippen LogP contribution in [0.5, 0.6) is 0 Å². The molecule has 0 spiro atoms. The zero-order chi connectivity index (χ0) is 7.28. The summed E-state index contributed by atoms with van der Waals surface area (Å²) in [4.78, 5) is 0. The number of aliphatic hydroxyl groups is 1. The standard InChI is InChI=1S/C7H11NO/c1-6(7(2)9)4-3-5-8/h3-5,9H,2,8H2,1H3. The summed E-state index contributed by atoms with van der Waals surface area (Å²) in [7, 11) is 0. The van der Waals surface area contributed by atoms with Gasteiger partial charge < -0.3 is 10.8 Å². The van der Waals surface area contributed by atoms with Crippen molar-refractivity contribution in [2.45, 2.75) is 6.92 Å². The van der Waals surface area contributed by atoms with Crippen LogP contribution in [0.1, 0.15) is 6.92 Å². The summed E-state index contributed by atoms with van der Waals surface area (Å²) < 4.78 is 0. The van der Waals surface area contributed by atoms with Crippen molar-refractivity contribution in [3.8, 4) is 0 Å². The molecule has 0 aromatic heterocycles. The van der Waals surface area contributed by atoms with Gasteiger partial charge in [0.2, 0.25) is 0 Å². The first-order valence-corrected chi connectivity index (χ1v) is 2.62. The molecule has 0 radical (unpaired) electrons. The molecule has 0 rings (SSSR count). The average Bonchev–Trinajstić information content (AvgIpc) is 1.82. The molecule has 0 aromatic carbocycles. The molecular weight excluding hydrogens is 114 g/mol. The van der Waals surface area contributed by atoms with Crippen LogP contribution < -0.4 is 5.73 Å². The van der Waals surface area contributed by atoms with Crippen LogP contribution in [0.4, 0.5) is 0 Å². The molecule has 0 aliphatic rings. The third kappa shape index (κ3) is 3.41. The molecule has 50 valence electrons. The van der Waals surface area contributed by atoms with Crippen molar-refractivity contribution in [1.82, 2.24) is 0 Å². The van der Waals surface area contributed by atoms with E-state index in [2.05, 4.69) is 6.58 Å². The summed E-state index contributed by atoms with van der Waals surface area (Å²) >= 11 is 0. The van der Waals surface area contributed by atoms with Crippen LogP contribution in [-0.2, 0) is 0 Å². The van der Waals surface area contributed by atoms with Crippen molar-refractivity contribution >= 4 is 0 Å². The van der Waals surface area contributed by atoms with E-state index in [1.54, 1.807) is 19.1 Å². The quantitative estimate of drug-likeness (QED) is 0.433. The van der Waals surface area contributed by atoms with Gasteiger partial charge in [0.05, 0.1) is 0 Å². The highest BCUT2D eigenvalue weighted by atomic mass is 16.3. The van der Waals surface area contributed by atoms with Gasteiger partial charge >= 0.3 is 0 Å². The molecule has 0 saturated carbocycles. The fourth-order valence-electron chi connectivity index (χ4n) is 0.296. The molecule has 0 bridgehead atoms. The van der Waals surface area contributed by atoms with Crippen LogP contribution in [-0.4, -0.2) is 5.11 Å². The molecule has 0 aliphatic carbocycles. The number of hydrogen-bond donors (Lipinski definition) is 2. The molecule has 0 unspecified atom stereocenters. The van der Waals surface area contributed by atoms with Crippen LogP contribution in [0.3, 0.4) is 0 Å². The molecule has 0 saturated heterocycles. The molecule has 0 aliphatic heterocycles. The van der Waals surface area contributed by atoms with E-state index in [9.17, 15) is 0 Å². The molecule has 2 heteroatoms. The van der Waals surface area contributed by atoms with Crippen molar-refractivity contribution < 1.29 is 5.11 Å². The van der Waals surface area contributed by atoms with Crippen LogP contribution in [0.2, 0.25) is 0 Å². The first kappa shape index (κ1) is 7.82. The Hall–Kier alpha value is -1.18. The lowest BCUT2D eigenvalue weighted by molar-refractivity contribution is 0.426. The fraction of sp³-hybridized carbons (Fsp3) is 0.143. The third-order valence-electron chi connectivity index (χ3n) is 0.913. The SMILES string of the molecule is C=C(O)C(C)=CC=CN. The highest BCUT2D eigenvalue weighted by Gasteiger charge is 1.86. The highest BCUT2D eigenvalue weighted by Crippen LogP contribution is 2.00. The van der Waals surface area contributed by atoms with Crippen LogP contribution in [0.15, 0.2) is 36.3 Å². The maximum Gasteiger partial charge on any atom is 0.111 e. The Labute approximate surface area is 55.0 Å². The van der Waals surface area contributed by atoms with E-state index in [1.807, 2.05) is 0 Å². The first-order valence-electron chi connectivity index (χ1n) is 2.62. The Morgan fingerprint density at radius 2 is 2.22 bits per heavy atom. The largest absolute Gasteiger partial charge is 0.508 e. The summed E-state index contributed by atoms with van der Waals surface area (Å²) in [6.45, 7) is 5.07. The number of rotatable bonds is 2. The van der Waals surface area contributed by atoms with Gasteiger partial charge in [-0.1, -0.05) is 12.7 Å². The predicted molar refractivity (Wildman–Crippen MR) is 38.9 cm³/mol. The van der Waals surface area contributed by atoms with Gasteiger partial charge in [0.15, 0.2) is 0 Å². The predicted octanol–water partition coefficient (Wildman–Crippen LogP) is 1.48. The third-order valence-corrected chi connectivity index (χ3v) is 0.913. The van der Waals surface area contributed by atoms with Crippen molar-refractivity contribution in [3.05, 3.63) is 36.3 Å². The number of nitrogens with two attached hydrogens (primary N) is 1. The van der Waals surface area contributed by atoms with Gasteiger partial charge in [-0.25, -0.2) is 0 Å². The Kier molecular flexibility index (Phi) is 3.28. The van der Waals surface area contributed by atoms with E-state index in [4.69, 9.17) is 10.8 Å². The fourth-order valence-corrected chi connectivity index (χ4v) is 0.296. The molecule has 0 fully saturated rings. The summed E-state index contributed by atoms with van der Waals surface area (Å²) in [5.74, 6) is 0.0769. The lowest BCUT2D eigenvalue weighted by Crippen LogP contribution is -1.79. The van der Waals surface area contributed by atoms with Crippen molar-refractivity contribution in [2.24, 2.45) is 5.73 Å². The molecule has 0 aromatic rings. The zero-order valence-corrected chi connectivity index (χ0v) is 5.46. The maximum absolute atomic E-state index is 8.71. The first-order chi connectivity index (χ1) is 4.18. The summed E-state index contributed by atoms with van der Waals surface area (Å²) in [6.07, 6.45) is 4.71. The van der Waals surface area contributed by atoms with Crippen molar-refractivity contribution in [2.75, 3.05) is 0 Å². The van der Waals surface area contributed by atoms with E-state index in [0.717, 1.165) is 5.57 Å². The second kappa shape index (κ2) is 3.78. The van der Waals surface area contributed by atoms with Gasteiger partial charge in [0.25, 0.3) is 0 Å². The second-order valence-corrected chi connectivity index (χ2v) is 1.68. The second-order valence-electron chi connectivity index (χ2n) is 1.68. The van der Waals surface area contributed by atoms with Crippen LogP contribution in [0, 0.1) is 0 Å². The zero-order valence-electron chi connectivity index (χ0n) is 5.46. The Balaban J connectivity index is 4.00. The van der Waals surface area contributed by atoms with E-state index in [1.165, 1.54) is 6.20 Å². The van der Waals surface area contributed by atoms with Gasteiger partial charge in [0, 0.05) is 0 Å². The smallest absolute Gasteiger partial charge is 0.111 e. The van der Waals surface area contributed by atoms with Gasteiger partial charge in [0.1, 0.15) is 5.76 Å². The number of aliphatic hydroxyl groups excluding tert-OH is 1. The summed E-state index contributed by atoms with van der Waals surface area (Å²) in [5, 5.41) is 8.71. The Morgan fingerprint density at radius 3 is 2.56 bits per heavy atom. The highest BCUT2D eigenvalue weighted by molar-refractivity contribution is 5.23. The minimum Gasteiger partial charge on any atom is -0.508 e. The van der Waals surface area contributed by atoms with E-state index in [0.29, 0.717) is 0 Å². The summed E-state index contributed by atoms with van der Waals surface area (Å²) in [6, 6.07) is 0. The molecular formula is C7H11NO. The maximum atomic E-state index is 8.71. The van der Waals surface area contributed by atoms with Gasteiger partial charge in [-0.2, -0.15) is 0 Å². The summed E-state index contributed by atoms with van der Waals surface area (Å²) in [5.41, 5.74) is 5.76. The number of hydrogen-bond acceptors (Lipinski definition) is 2. The molecule has 0 atom stereocenters. The van der Waals surface area contributed by atoms with Gasteiger partial charge in [-0.15, -0.1) is 0 Å².